The van der Waals surface area contributed by atoms with Gasteiger partial charge in [0.15, 0.2) is 11.1 Å². The van der Waals surface area contributed by atoms with Crippen LogP contribution in [0.1, 0.15) is 19.8 Å². The van der Waals surface area contributed by atoms with Gasteiger partial charge >= 0.3 is 5.97 Å². The number of hydrogen-bond donors (Lipinski definition) is 3. The average Bonchev–Trinajstić information content (AvgIpc) is 2.01. The zero-order valence-electron chi connectivity index (χ0n) is 7.64. The van der Waals surface area contributed by atoms with Crippen LogP contribution in [0.2, 0.25) is 0 Å². The topological polar surface area (TPSA) is 131 Å². The summed E-state index contributed by atoms with van der Waals surface area (Å²) < 4.78 is 0. The molecule has 0 aromatic heterocycles. The van der Waals surface area contributed by atoms with Crippen LogP contribution < -0.4 is 11.2 Å². The number of aliphatic carboxylic acids is 1. The maximum absolute atomic E-state index is 10.6. The lowest BCUT2D eigenvalue weighted by atomic mass is 10.2. The summed E-state index contributed by atoms with van der Waals surface area (Å²) in [6.07, 6.45) is 0.891. The van der Waals surface area contributed by atoms with Crippen molar-refractivity contribution in [2.45, 2.75) is 25.8 Å². The third-order valence-electron chi connectivity index (χ3n) is 1.35. The number of nitrogens with zero attached hydrogens (tertiary/aromatic N) is 2. The van der Waals surface area contributed by atoms with E-state index in [2.05, 4.69) is 4.99 Å². The average molecular weight is 204 g/mol. The minimum Gasteiger partial charge on any atom is -0.480 e. The van der Waals surface area contributed by atoms with Crippen LogP contribution in [0, 0.1) is 10.1 Å². The number of carbonyl (C=O) groups is 1. The molecule has 0 heterocycles. The Morgan fingerprint density at radius 1 is 1.79 bits per heavy atom. The molecule has 0 saturated heterocycles. The van der Waals surface area contributed by atoms with E-state index in [-0.39, 0.29) is 6.42 Å². The zero-order chi connectivity index (χ0) is 11.1. The number of carboxylic acid groups (broad SMARTS) is 1. The largest absolute Gasteiger partial charge is 0.480 e. The van der Waals surface area contributed by atoms with Crippen molar-refractivity contribution in [2.24, 2.45) is 10.7 Å². The van der Waals surface area contributed by atoms with Crippen LogP contribution in [0.5, 0.6) is 0 Å². The monoisotopic (exact) mass is 204 g/mol. The van der Waals surface area contributed by atoms with Crippen LogP contribution in [0.3, 0.4) is 0 Å². The van der Waals surface area contributed by atoms with Crippen LogP contribution in [-0.2, 0) is 4.79 Å². The van der Waals surface area contributed by atoms with Crippen molar-refractivity contribution >= 4 is 11.9 Å². The van der Waals surface area contributed by atoms with Gasteiger partial charge in [0.2, 0.25) is 0 Å². The number of aliphatic imine (C=N–C) groups is 1. The Kier molecular flexibility index (Phi) is 4.97. The van der Waals surface area contributed by atoms with Crippen molar-refractivity contribution in [3.05, 3.63) is 10.1 Å². The Bertz CT molecular complexity index is 252. The highest BCUT2D eigenvalue weighted by Crippen LogP contribution is 2.01. The standard InChI is InChI=1S/C6H12N4O4/c1-2-3-4(5(11)12)8-6(7)9-10(13)14/h4H,2-3H2,1H3,(H,11,12)(H3,7,8,9). The molecule has 0 amide bonds. The van der Waals surface area contributed by atoms with Crippen LogP contribution >= 0.6 is 0 Å². The predicted octanol–water partition coefficient (Wildman–Crippen LogP) is -0.664. The molecule has 0 bridgehead atoms. The number of carboxylic acids is 1. The van der Waals surface area contributed by atoms with E-state index in [1.165, 1.54) is 0 Å². The van der Waals surface area contributed by atoms with E-state index >= 15 is 0 Å². The molecule has 14 heavy (non-hydrogen) atoms. The summed E-state index contributed by atoms with van der Waals surface area (Å²) in [5.74, 6) is -1.66. The van der Waals surface area contributed by atoms with E-state index in [9.17, 15) is 14.9 Å². The number of hydrazine groups is 1. The molecule has 0 aliphatic rings. The SMILES string of the molecule is CCCC(N=C(N)N[N+](=O)[O-])C(=O)O. The third-order valence-corrected chi connectivity index (χ3v) is 1.35. The second kappa shape index (κ2) is 5.73. The summed E-state index contributed by atoms with van der Waals surface area (Å²) in [7, 11) is 0. The molecule has 1 unspecified atom stereocenters. The van der Waals surface area contributed by atoms with Crippen LogP contribution in [0.25, 0.3) is 0 Å². The van der Waals surface area contributed by atoms with Crippen LogP contribution in [0.15, 0.2) is 4.99 Å². The van der Waals surface area contributed by atoms with Gasteiger partial charge in [-0.15, -0.1) is 0 Å². The quantitative estimate of drug-likeness (QED) is 0.235. The molecule has 8 heteroatoms. The van der Waals surface area contributed by atoms with Gasteiger partial charge in [-0.05, 0) is 6.42 Å². The fraction of sp³-hybridized carbons (Fsp3) is 0.667. The van der Waals surface area contributed by atoms with Crippen molar-refractivity contribution in [1.82, 2.24) is 5.43 Å². The first-order chi connectivity index (χ1) is 6.47. The molecule has 0 saturated carbocycles. The minimum absolute atomic E-state index is 0.287. The number of hydrogen-bond acceptors (Lipinski definition) is 4. The van der Waals surface area contributed by atoms with Gasteiger partial charge in [0.05, 0.1) is 0 Å². The number of nitrogens with one attached hydrogen (secondary N) is 1. The summed E-state index contributed by atoms with van der Waals surface area (Å²) >= 11 is 0. The first-order valence-corrected chi connectivity index (χ1v) is 3.94. The fourth-order valence-electron chi connectivity index (χ4n) is 0.807. The van der Waals surface area contributed by atoms with Crippen LogP contribution in [0.4, 0.5) is 0 Å². The molecule has 80 valence electrons. The molecule has 0 rings (SSSR count). The summed E-state index contributed by atoms with van der Waals surface area (Å²) in [6.45, 7) is 1.78. The molecule has 0 aromatic rings. The molecule has 0 fully saturated rings. The lowest BCUT2D eigenvalue weighted by Gasteiger charge is -2.05. The summed E-state index contributed by atoms with van der Waals surface area (Å²) in [5.41, 5.74) is 6.65. The molecule has 0 aromatic carbocycles. The highest BCUT2D eigenvalue weighted by Gasteiger charge is 2.16. The maximum Gasteiger partial charge on any atom is 0.328 e. The number of rotatable bonds is 5. The second-order valence-corrected chi connectivity index (χ2v) is 2.53. The Hall–Kier alpha value is -1.86. The van der Waals surface area contributed by atoms with Gasteiger partial charge < -0.3 is 10.8 Å². The summed E-state index contributed by atoms with van der Waals surface area (Å²) in [5, 5.41) is 17.6. The number of nitrogens with two attached hydrogens (primary N) is 1. The molecule has 0 aliphatic carbocycles. The predicted molar refractivity (Wildman–Crippen MR) is 48.1 cm³/mol. The molecule has 0 radical (unpaired) electrons. The first kappa shape index (κ1) is 12.1. The van der Waals surface area contributed by atoms with Crippen molar-refractivity contribution in [2.75, 3.05) is 0 Å². The molecule has 0 aliphatic heterocycles. The fourth-order valence-corrected chi connectivity index (χ4v) is 0.807. The molecule has 4 N–H and O–H groups in total. The van der Waals surface area contributed by atoms with Gasteiger partial charge in [-0.1, -0.05) is 18.8 Å². The van der Waals surface area contributed by atoms with E-state index in [0.717, 1.165) is 0 Å². The lowest BCUT2D eigenvalue weighted by Crippen LogP contribution is -2.38. The van der Waals surface area contributed by atoms with Crippen molar-refractivity contribution < 1.29 is 14.9 Å². The summed E-state index contributed by atoms with van der Waals surface area (Å²) in [6, 6.07) is -1.03. The Balaban J connectivity index is 4.38. The zero-order valence-corrected chi connectivity index (χ0v) is 7.64. The van der Waals surface area contributed by atoms with E-state index < -0.39 is 23.0 Å². The molecule has 0 spiro atoms. The third kappa shape index (κ3) is 4.91. The molecular weight excluding hydrogens is 192 g/mol. The van der Waals surface area contributed by atoms with Gasteiger partial charge in [0, 0.05) is 0 Å². The Morgan fingerprint density at radius 2 is 2.36 bits per heavy atom. The highest BCUT2D eigenvalue weighted by atomic mass is 16.7. The van der Waals surface area contributed by atoms with E-state index in [4.69, 9.17) is 10.8 Å². The summed E-state index contributed by atoms with van der Waals surface area (Å²) in [4.78, 5) is 23.9. The van der Waals surface area contributed by atoms with E-state index in [1.54, 1.807) is 12.3 Å². The smallest absolute Gasteiger partial charge is 0.328 e. The maximum atomic E-state index is 10.6. The van der Waals surface area contributed by atoms with Gasteiger partial charge in [-0.25, -0.2) is 19.9 Å². The Labute approximate surface area is 79.9 Å². The lowest BCUT2D eigenvalue weighted by molar-refractivity contribution is -0.525. The Morgan fingerprint density at radius 3 is 2.71 bits per heavy atom. The normalized spacial score (nSPS) is 13.4. The van der Waals surface area contributed by atoms with Gasteiger partial charge in [-0.3, -0.25) is 0 Å². The van der Waals surface area contributed by atoms with Gasteiger partial charge in [-0.2, -0.15) is 0 Å². The minimum atomic E-state index is -1.15. The molecule has 8 nitrogen and oxygen atoms in total. The van der Waals surface area contributed by atoms with Crippen molar-refractivity contribution in [3.63, 3.8) is 0 Å². The first-order valence-electron chi connectivity index (χ1n) is 3.94. The van der Waals surface area contributed by atoms with Gasteiger partial charge in [0.25, 0.3) is 5.96 Å². The van der Waals surface area contributed by atoms with E-state index in [0.29, 0.717) is 6.42 Å². The van der Waals surface area contributed by atoms with Crippen molar-refractivity contribution in [1.29, 1.82) is 0 Å². The van der Waals surface area contributed by atoms with E-state index in [1.807, 2.05) is 0 Å². The van der Waals surface area contributed by atoms with Crippen molar-refractivity contribution in [3.8, 4) is 0 Å². The molecule has 1 atom stereocenters. The highest BCUT2D eigenvalue weighted by molar-refractivity contribution is 5.82. The van der Waals surface area contributed by atoms with Gasteiger partial charge in [0.1, 0.15) is 0 Å². The molecular formula is C6H12N4O4. The number of guanidine groups is 1. The second-order valence-electron chi connectivity index (χ2n) is 2.53. The van der Waals surface area contributed by atoms with Crippen LogP contribution in [-0.4, -0.2) is 28.1 Å². The number of nitro groups is 1.